The molecule has 0 spiro atoms. The molecule has 0 aliphatic heterocycles. The molecular weight excluding hydrogens is 368 g/mol. The van der Waals surface area contributed by atoms with E-state index in [9.17, 15) is 4.79 Å². The number of halogens is 1. The molecule has 4 nitrogen and oxygen atoms in total. The van der Waals surface area contributed by atoms with Crippen LogP contribution in [0.25, 0.3) is 0 Å². The molecule has 0 bridgehead atoms. The van der Waals surface area contributed by atoms with Gasteiger partial charge in [0.25, 0.3) is 5.91 Å². The monoisotopic (exact) mass is 394 g/mol. The van der Waals surface area contributed by atoms with Crippen molar-refractivity contribution in [2.75, 3.05) is 7.11 Å². The summed E-state index contributed by atoms with van der Waals surface area (Å²) in [7, 11) is 1.53. The largest absolute Gasteiger partial charge is 0.496 e. The van der Waals surface area contributed by atoms with Crippen LogP contribution in [0.2, 0.25) is 5.02 Å². The van der Waals surface area contributed by atoms with E-state index in [1.807, 2.05) is 0 Å². The predicted molar refractivity (Wildman–Crippen MR) is 108 cm³/mol. The third-order valence-corrected chi connectivity index (χ3v) is 5.68. The molecule has 1 aromatic heterocycles. The highest BCUT2D eigenvalue weighted by Gasteiger charge is 2.19. The predicted octanol–water partition coefficient (Wildman–Crippen LogP) is 5.30. The number of ether oxygens (including phenoxy) is 1. The lowest BCUT2D eigenvalue weighted by Crippen LogP contribution is -2.17. The molecule has 0 unspecified atom stereocenters. The highest BCUT2D eigenvalue weighted by Crippen LogP contribution is 2.26. The van der Waals surface area contributed by atoms with Gasteiger partial charge in [-0.15, -0.1) is 11.3 Å². The van der Waals surface area contributed by atoms with Gasteiger partial charge in [-0.3, -0.25) is 4.79 Å². The molecule has 0 N–H and O–H groups in total. The van der Waals surface area contributed by atoms with Crippen LogP contribution in [0.4, 0.5) is 0 Å². The molecule has 1 aromatic carbocycles. The van der Waals surface area contributed by atoms with Crippen molar-refractivity contribution >= 4 is 28.8 Å². The summed E-state index contributed by atoms with van der Waals surface area (Å²) in [6, 6.07) is 4.98. The van der Waals surface area contributed by atoms with Gasteiger partial charge in [0.05, 0.1) is 12.7 Å². The molecule has 142 valence electrons. The molecule has 2 rings (SSSR count). The number of rotatable bonds is 5. The van der Waals surface area contributed by atoms with Crippen molar-refractivity contribution in [2.45, 2.75) is 53.0 Å². The quantitative estimate of drug-likeness (QED) is 0.690. The smallest absolute Gasteiger partial charge is 0.283 e. The fourth-order valence-electron chi connectivity index (χ4n) is 2.37. The first kappa shape index (κ1) is 20.7. The standard InChI is InChI=1S/C20H27ClN2O2S/c1-13(2)9-10-23-12-17(20(3,4)5)26-19(23)22-18(24)15-11-14(21)7-8-16(15)25-6/h7-8,11-13H,9-10H2,1-6H3/b22-19-. The topological polar surface area (TPSA) is 43.6 Å². The summed E-state index contributed by atoms with van der Waals surface area (Å²) in [6.45, 7) is 11.7. The van der Waals surface area contributed by atoms with Gasteiger partial charge in [0.2, 0.25) is 0 Å². The Balaban J connectivity index is 2.49. The number of hydrogen-bond acceptors (Lipinski definition) is 3. The second-order valence-electron chi connectivity index (χ2n) is 7.77. The van der Waals surface area contributed by atoms with E-state index in [1.54, 1.807) is 29.5 Å². The fourth-order valence-corrected chi connectivity index (χ4v) is 3.61. The number of hydrogen-bond donors (Lipinski definition) is 0. The van der Waals surface area contributed by atoms with Crippen LogP contribution >= 0.6 is 22.9 Å². The van der Waals surface area contributed by atoms with Crippen LogP contribution in [0.3, 0.4) is 0 Å². The minimum absolute atomic E-state index is 0.00874. The molecular formula is C20H27ClN2O2S. The average Bonchev–Trinajstić information content (AvgIpc) is 2.96. The van der Waals surface area contributed by atoms with Crippen molar-refractivity contribution in [3.63, 3.8) is 0 Å². The Labute approximate surface area is 164 Å². The molecule has 6 heteroatoms. The third kappa shape index (κ3) is 5.21. The average molecular weight is 395 g/mol. The molecule has 0 aliphatic carbocycles. The summed E-state index contributed by atoms with van der Waals surface area (Å²) in [5.41, 5.74) is 0.385. The molecule has 0 saturated carbocycles. The Kier molecular flexibility index (Phi) is 6.69. The van der Waals surface area contributed by atoms with Crippen molar-refractivity contribution in [1.29, 1.82) is 0 Å². The van der Waals surface area contributed by atoms with Crippen LogP contribution in [0.5, 0.6) is 5.75 Å². The first-order valence-electron chi connectivity index (χ1n) is 8.75. The van der Waals surface area contributed by atoms with Gasteiger partial charge in [-0.1, -0.05) is 46.2 Å². The van der Waals surface area contributed by atoms with Gasteiger partial charge >= 0.3 is 0 Å². The highest BCUT2D eigenvalue weighted by molar-refractivity contribution is 7.09. The van der Waals surface area contributed by atoms with Crippen LogP contribution in [0.15, 0.2) is 29.4 Å². The zero-order valence-electron chi connectivity index (χ0n) is 16.3. The van der Waals surface area contributed by atoms with Gasteiger partial charge in [0, 0.05) is 22.6 Å². The van der Waals surface area contributed by atoms with E-state index in [4.69, 9.17) is 16.3 Å². The summed E-state index contributed by atoms with van der Waals surface area (Å²) in [4.78, 5) is 19.1. The number of methoxy groups -OCH3 is 1. The maximum Gasteiger partial charge on any atom is 0.283 e. The molecule has 1 amide bonds. The van der Waals surface area contributed by atoms with Gasteiger partial charge in [-0.2, -0.15) is 4.99 Å². The van der Waals surface area contributed by atoms with Gasteiger partial charge in [0.15, 0.2) is 4.80 Å². The first-order chi connectivity index (χ1) is 12.1. The minimum atomic E-state index is -0.343. The van der Waals surface area contributed by atoms with Crippen LogP contribution < -0.4 is 9.54 Å². The number of aryl methyl sites for hydroxylation is 1. The molecule has 0 saturated heterocycles. The van der Waals surface area contributed by atoms with Crippen molar-refractivity contribution in [3.8, 4) is 5.75 Å². The Morgan fingerprint density at radius 3 is 2.62 bits per heavy atom. The molecule has 0 radical (unpaired) electrons. The third-order valence-electron chi connectivity index (χ3n) is 4.00. The Morgan fingerprint density at radius 1 is 1.35 bits per heavy atom. The SMILES string of the molecule is COc1ccc(Cl)cc1C(=O)/N=c1\sc(C(C)(C)C)cn1CCC(C)C. The van der Waals surface area contributed by atoms with E-state index < -0.39 is 0 Å². The first-order valence-corrected chi connectivity index (χ1v) is 9.94. The number of carbonyl (C=O) groups is 1. The van der Waals surface area contributed by atoms with Gasteiger partial charge in [0.1, 0.15) is 5.75 Å². The minimum Gasteiger partial charge on any atom is -0.496 e. The number of benzene rings is 1. The summed E-state index contributed by atoms with van der Waals surface area (Å²) in [6.07, 6.45) is 3.15. The second kappa shape index (κ2) is 8.40. The van der Waals surface area contributed by atoms with Crippen molar-refractivity contribution in [3.05, 3.63) is 44.7 Å². The second-order valence-corrected chi connectivity index (χ2v) is 9.21. The maximum atomic E-state index is 12.8. The van der Waals surface area contributed by atoms with Gasteiger partial charge in [-0.25, -0.2) is 0 Å². The zero-order chi connectivity index (χ0) is 19.5. The van der Waals surface area contributed by atoms with E-state index in [-0.39, 0.29) is 11.3 Å². The fraction of sp³-hybridized carbons (Fsp3) is 0.500. The summed E-state index contributed by atoms with van der Waals surface area (Å²) in [5.74, 6) is 0.714. The zero-order valence-corrected chi connectivity index (χ0v) is 17.9. The Hall–Kier alpha value is -1.59. The van der Waals surface area contributed by atoms with Crippen LogP contribution in [-0.2, 0) is 12.0 Å². The van der Waals surface area contributed by atoms with E-state index >= 15 is 0 Å². The van der Waals surface area contributed by atoms with Crippen LogP contribution in [0, 0.1) is 5.92 Å². The molecule has 26 heavy (non-hydrogen) atoms. The van der Waals surface area contributed by atoms with E-state index in [1.165, 1.54) is 12.0 Å². The highest BCUT2D eigenvalue weighted by atomic mass is 35.5. The molecule has 0 aliphatic rings. The van der Waals surface area contributed by atoms with Crippen LogP contribution in [0.1, 0.15) is 56.3 Å². The van der Waals surface area contributed by atoms with Crippen molar-refractivity contribution in [2.24, 2.45) is 10.9 Å². The van der Waals surface area contributed by atoms with E-state index in [0.717, 1.165) is 13.0 Å². The molecule has 2 aromatic rings. The molecule has 0 fully saturated rings. The maximum absolute atomic E-state index is 12.8. The lowest BCUT2D eigenvalue weighted by Gasteiger charge is -2.14. The molecule has 0 atom stereocenters. The normalized spacial score (nSPS) is 12.7. The Bertz CT molecular complexity index is 844. The number of thiazole rings is 1. The summed E-state index contributed by atoms with van der Waals surface area (Å²) in [5, 5.41) is 0.485. The molecule has 1 heterocycles. The van der Waals surface area contributed by atoms with Crippen LogP contribution in [-0.4, -0.2) is 17.6 Å². The van der Waals surface area contributed by atoms with Gasteiger partial charge < -0.3 is 9.30 Å². The number of amides is 1. The van der Waals surface area contributed by atoms with Crippen molar-refractivity contribution in [1.82, 2.24) is 4.57 Å². The lowest BCUT2D eigenvalue weighted by molar-refractivity contribution is 0.0995. The van der Waals surface area contributed by atoms with E-state index in [2.05, 4.69) is 50.4 Å². The lowest BCUT2D eigenvalue weighted by atomic mass is 9.95. The summed E-state index contributed by atoms with van der Waals surface area (Å²) >= 11 is 7.61. The number of nitrogens with zero attached hydrogens (tertiary/aromatic N) is 2. The van der Waals surface area contributed by atoms with E-state index in [0.29, 0.717) is 27.1 Å². The number of aromatic nitrogens is 1. The summed E-state index contributed by atoms with van der Waals surface area (Å²) < 4.78 is 7.37. The number of carbonyl (C=O) groups excluding carboxylic acids is 1. The Morgan fingerprint density at radius 2 is 2.04 bits per heavy atom. The van der Waals surface area contributed by atoms with Gasteiger partial charge in [-0.05, 0) is 36.0 Å². The van der Waals surface area contributed by atoms with Crippen molar-refractivity contribution < 1.29 is 9.53 Å².